The van der Waals surface area contributed by atoms with E-state index in [2.05, 4.69) is 66.7 Å². The number of halogens is 1. The zero-order chi connectivity index (χ0) is 19.5. The molecule has 0 fully saturated rings. The SMILES string of the molecule is CCON(Cc1cc2c3ccccc3ccc2c2ccccc12)CC(C)CO.Cl. The van der Waals surface area contributed by atoms with E-state index in [4.69, 9.17) is 4.84 Å². The Bertz CT molecular complexity index is 1110. The molecule has 4 heteroatoms. The molecule has 4 rings (SSSR count). The number of hydrogen-bond acceptors (Lipinski definition) is 3. The molecule has 0 aliphatic carbocycles. The first kappa shape index (κ1) is 21.5. The second-order valence-corrected chi connectivity index (χ2v) is 7.49. The van der Waals surface area contributed by atoms with Crippen LogP contribution in [-0.2, 0) is 11.4 Å². The van der Waals surface area contributed by atoms with Gasteiger partial charge < -0.3 is 5.11 Å². The number of fused-ring (bicyclic) bond motifs is 5. The predicted octanol–water partition coefficient (Wildman–Crippen LogP) is 5.95. The van der Waals surface area contributed by atoms with Crippen LogP contribution in [0.2, 0.25) is 0 Å². The van der Waals surface area contributed by atoms with Crippen LogP contribution in [0.1, 0.15) is 19.4 Å². The lowest BCUT2D eigenvalue weighted by Crippen LogP contribution is -2.30. The van der Waals surface area contributed by atoms with Crippen molar-refractivity contribution in [3.05, 3.63) is 72.3 Å². The lowest BCUT2D eigenvalue weighted by molar-refractivity contribution is -0.170. The van der Waals surface area contributed by atoms with E-state index in [0.29, 0.717) is 19.7 Å². The third kappa shape index (κ3) is 4.39. The fraction of sp³-hybridized carbons (Fsp3) is 0.280. The molecular formula is C25H28ClNO2. The molecule has 0 amide bonds. The first-order valence-corrected chi connectivity index (χ1v) is 10.0. The number of aliphatic hydroxyl groups excluding tert-OH is 1. The Morgan fingerprint density at radius 1 is 0.862 bits per heavy atom. The Morgan fingerprint density at radius 2 is 1.52 bits per heavy atom. The summed E-state index contributed by atoms with van der Waals surface area (Å²) in [5, 5.41) is 19.1. The summed E-state index contributed by atoms with van der Waals surface area (Å²) in [6.07, 6.45) is 0. The van der Waals surface area contributed by atoms with Gasteiger partial charge in [0.05, 0.1) is 6.61 Å². The van der Waals surface area contributed by atoms with Gasteiger partial charge in [-0.3, -0.25) is 4.84 Å². The van der Waals surface area contributed by atoms with Crippen molar-refractivity contribution in [1.29, 1.82) is 0 Å². The smallest absolute Gasteiger partial charge is 0.0657 e. The third-order valence-electron chi connectivity index (χ3n) is 5.34. The standard InChI is InChI=1S/C25H27NO2.ClH/c1-3-28-26(15-18(2)17-27)16-20-14-25-21-9-5-4-8-19(21)12-13-24(25)23-11-7-6-10-22(20)23;/h4-14,18,27H,3,15-17H2,1-2H3;1H. The summed E-state index contributed by atoms with van der Waals surface area (Å²) < 4.78 is 0. The van der Waals surface area contributed by atoms with E-state index in [1.807, 2.05) is 18.9 Å². The summed E-state index contributed by atoms with van der Waals surface area (Å²) in [5.74, 6) is 0.166. The minimum absolute atomic E-state index is 0. The van der Waals surface area contributed by atoms with Gasteiger partial charge in [0, 0.05) is 19.7 Å². The van der Waals surface area contributed by atoms with Crippen LogP contribution in [0, 0.1) is 5.92 Å². The summed E-state index contributed by atoms with van der Waals surface area (Å²) in [5.41, 5.74) is 1.25. The summed E-state index contributed by atoms with van der Waals surface area (Å²) in [6, 6.07) is 23.9. The van der Waals surface area contributed by atoms with E-state index in [9.17, 15) is 5.11 Å². The van der Waals surface area contributed by atoms with Crippen LogP contribution in [0.5, 0.6) is 0 Å². The predicted molar refractivity (Wildman–Crippen MR) is 124 cm³/mol. The van der Waals surface area contributed by atoms with E-state index in [0.717, 1.165) is 0 Å². The summed E-state index contributed by atoms with van der Waals surface area (Å²) >= 11 is 0. The van der Waals surface area contributed by atoms with Crippen molar-refractivity contribution in [1.82, 2.24) is 5.06 Å². The Hall–Kier alpha value is -2.17. The van der Waals surface area contributed by atoms with Gasteiger partial charge in [-0.25, -0.2) is 0 Å². The topological polar surface area (TPSA) is 32.7 Å². The molecule has 4 aromatic carbocycles. The molecule has 0 aromatic heterocycles. The highest BCUT2D eigenvalue weighted by Crippen LogP contribution is 2.34. The molecule has 0 aliphatic rings. The Labute approximate surface area is 178 Å². The Kier molecular flexibility index (Phi) is 7.09. The average molecular weight is 410 g/mol. The summed E-state index contributed by atoms with van der Waals surface area (Å²) in [4.78, 5) is 5.89. The largest absolute Gasteiger partial charge is 0.396 e. The summed E-state index contributed by atoms with van der Waals surface area (Å²) in [6.45, 7) is 6.21. The van der Waals surface area contributed by atoms with Crippen LogP contribution in [0.15, 0.2) is 66.7 Å². The summed E-state index contributed by atoms with van der Waals surface area (Å²) in [7, 11) is 0. The van der Waals surface area contributed by atoms with Crippen molar-refractivity contribution in [2.75, 3.05) is 19.8 Å². The normalized spacial score (nSPS) is 12.6. The van der Waals surface area contributed by atoms with Gasteiger partial charge >= 0.3 is 0 Å². The van der Waals surface area contributed by atoms with Gasteiger partial charge in [0.2, 0.25) is 0 Å². The van der Waals surface area contributed by atoms with Crippen molar-refractivity contribution in [2.24, 2.45) is 5.92 Å². The molecule has 4 aromatic rings. The molecular weight excluding hydrogens is 382 g/mol. The fourth-order valence-electron chi connectivity index (χ4n) is 4.01. The Balaban J connectivity index is 0.00000240. The minimum atomic E-state index is 0. The van der Waals surface area contributed by atoms with Gasteiger partial charge in [0.25, 0.3) is 0 Å². The molecule has 1 N–H and O–H groups in total. The zero-order valence-corrected chi connectivity index (χ0v) is 17.8. The highest BCUT2D eigenvalue weighted by Gasteiger charge is 2.15. The molecule has 0 saturated carbocycles. The van der Waals surface area contributed by atoms with Crippen molar-refractivity contribution in [2.45, 2.75) is 20.4 Å². The molecule has 0 spiro atoms. The van der Waals surface area contributed by atoms with Gasteiger partial charge in [-0.2, -0.15) is 5.06 Å². The minimum Gasteiger partial charge on any atom is -0.396 e. The number of hydroxylamine groups is 2. The first-order chi connectivity index (χ1) is 13.7. The molecule has 0 aliphatic heterocycles. The molecule has 0 saturated heterocycles. The van der Waals surface area contributed by atoms with Crippen LogP contribution in [0.25, 0.3) is 32.3 Å². The highest BCUT2D eigenvalue weighted by atomic mass is 35.5. The first-order valence-electron chi connectivity index (χ1n) is 10.0. The monoisotopic (exact) mass is 409 g/mol. The molecule has 0 radical (unpaired) electrons. The lowest BCUT2D eigenvalue weighted by atomic mass is 9.93. The van der Waals surface area contributed by atoms with E-state index < -0.39 is 0 Å². The van der Waals surface area contributed by atoms with Crippen LogP contribution in [0.4, 0.5) is 0 Å². The van der Waals surface area contributed by atoms with Crippen molar-refractivity contribution >= 4 is 44.7 Å². The Morgan fingerprint density at radius 3 is 2.24 bits per heavy atom. The van der Waals surface area contributed by atoms with Gasteiger partial charge in [-0.1, -0.05) is 67.6 Å². The molecule has 1 unspecified atom stereocenters. The fourth-order valence-corrected chi connectivity index (χ4v) is 4.01. The van der Waals surface area contributed by atoms with E-state index in [1.165, 1.54) is 37.9 Å². The second-order valence-electron chi connectivity index (χ2n) is 7.49. The van der Waals surface area contributed by atoms with Crippen LogP contribution < -0.4 is 0 Å². The van der Waals surface area contributed by atoms with E-state index >= 15 is 0 Å². The highest BCUT2D eigenvalue weighted by molar-refractivity contribution is 6.18. The van der Waals surface area contributed by atoms with Crippen molar-refractivity contribution < 1.29 is 9.94 Å². The zero-order valence-electron chi connectivity index (χ0n) is 17.0. The number of aliphatic hydroxyl groups is 1. The van der Waals surface area contributed by atoms with Crippen LogP contribution >= 0.6 is 12.4 Å². The van der Waals surface area contributed by atoms with Crippen molar-refractivity contribution in [3.8, 4) is 0 Å². The van der Waals surface area contributed by atoms with E-state index in [-0.39, 0.29) is 24.9 Å². The lowest BCUT2D eigenvalue weighted by Gasteiger charge is -2.25. The van der Waals surface area contributed by atoms with Gasteiger partial charge in [-0.05, 0) is 56.8 Å². The maximum Gasteiger partial charge on any atom is 0.0657 e. The molecule has 29 heavy (non-hydrogen) atoms. The maximum absolute atomic E-state index is 9.47. The third-order valence-corrected chi connectivity index (χ3v) is 5.34. The molecule has 0 bridgehead atoms. The number of hydrogen-bond donors (Lipinski definition) is 1. The molecule has 0 heterocycles. The quantitative estimate of drug-likeness (QED) is 0.302. The molecule has 152 valence electrons. The van der Waals surface area contributed by atoms with Gasteiger partial charge in [0.15, 0.2) is 0 Å². The average Bonchev–Trinajstić information content (AvgIpc) is 2.73. The second kappa shape index (κ2) is 9.55. The molecule has 3 nitrogen and oxygen atoms in total. The number of benzene rings is 4. The maximum atomic E-state index is 9.47. The van der Waals surface area contributed by atoms with E-state index in [1.54, 1.807) is 0 Å². The molecule has 1 atom stereocenters. The van der Waals surface area contributed by atoms with Gasteiger partial charge in [-0.15, -0.1) is 12.4 Å². The van der Waals surface area contributed by atoms with Crippen LogP contribution in [-0.4, -0.2) is 29.9 Å². The van der Waals surface area contributed by atoms with Crippen LogP contribution in [0.3, 0.4) is 0 Å². The van der Waals surface area contributed by atoms with Crippen molar-refractivity contribution in [3.63, 3.8) is 0 Å². The number of rotatable bonds is 7. The van der Waals surface area contributed by atoms with Gasteiger partial charge in [0.1, 0.15) is 0 Å². The number of nitrogens with zero attached hydrogens (tertiary/aromatic N) is 1.